The van der Waals surface area contributed by atoms with Gasteiger partial charge < -0.3 is 10.2 Å². The first-order chi connectivity index (χ1) is 7.29. The Labute approximate surface area is 104 Å². The SMILES string of the molecule is CN(C(=O)C1CCCC1)[C@H]1CCCNC1.Cl. The summed E-state index contributed by atoms with van der Waals surface area (Å²) < 4.78 is 0. The van der Waals surface area contributed by atoms with Crippen molar-refractivity contribution in [3.63, 3.8) is 0 Å². The van der Waals surface area contributed by atoms with Crippen molar-refractivity contribution in [2.45, 2.75) is 44.6 Å². The fraction of sp³-hybridized carbons (Fsp3) is 0.917. The van der Waals surface area contributed by atoms with Crippen LogP contribution in [0.3, 0.4) is 0 Å². The Kier molecular flexibility index (Phi) is 5.56. The average Bonchev–Trinajstić information content (AvgIpc) is 2.82. The van der Waals surface area contributed by atoms with Crippen LogP contribution in [0, 0.1) is 5.92 Å². The second-order valence-corrected chi connectivity index (χ2v) is 4.93. The van der Waals surface area contributed by atoms with Crippen LogP contribution in [0.25, 0.3) is 0 Å². The van der Waals surface area contributed by atoms with Crippen LogP contribution < -0.4 is 5.32 Å². The molecule has 1 saturated heterocycles. The molecule has 0 aromatic carbocycles. The molecule has 0 aromatic rings. The maximum atomic E-state index is 12.1. The third kappa shape index (κ3) is 3.11. The third-order valence-corrected chi connectivity index (χ3v) is 3.87. The van der Waals surface area contributed by atoms with Crippen LogP contribution in [0.15, 0.2) is 0 Å². The van der Waals surface area contributed by atoms with Crippen LogP contribution in [-0.2, 0) is 4.79 Å². The zero-order valence-corrected chi connectivity index (χ0v) is 10.9. The van der Waals surface area contributed by atoms with Crippen molar-refractivity contribution in [3.8, 4) is 0 Å². The molecular formula is C12H23ClN2O. The molecule has 0 unspecified atom stereocenters. The normalized spacial score (nSPS) is 26.2. The summed E-state index contributed by atoms with van der Waals surface area (Å²) in [6, 6.07) is 0.437. The molecule has 4 heteroatoms. The predicted octanol–water partition coefficient (Wildman–Crippen LogP) is 1.81. The Morgan fingerprint density at radius 1 is 1.19 bits per heavy atom. The molecule has 1 heterocycles. The zero-order chi connectivity index (χ0) is 10.7. The maximum Gasteiger partial charge on any atom is 0.225 e. The Hall–Kier alpha value is -0.280. The van der Waals surface area contributed by atoms with Gasteiger partial charge in [-0.3, -0.25) is 4.79 Å². The van der Waals surface area contributed by atoms with E-state index in [1.54, 1.807) is 0 Å². The van der Waals surface area contributed by atoms with Gasteiger partial charge in [-0.05, 0) is 32.2 Å². The summed E-state index contributed by atoms with van der Waals surface area (Å²) in [6.07, 6.45) is 7.09. The van der Waals surface area contributed by atoms with E-state index in [9.17, 15) is 4.79 Å². The van der Waals surface area contributed by atoms with Gasteiger partial charge in [0.1, 0.15) is 0 Å². The van der Waals surface area contributed by atoms with E-state index in [1.807, 2.05) is 11.9 Å². The molecule has 1 aliphatic heterocycles. The highest BCUT2D eigenvalue weighted by Gasteiger charge is 2.29. The van der Waals surface area contributed by atoms with Crippen molar-refractivity contribution in [2.24, 2.45) is 5.92 Å². The Morgan fingerprint density at radius 3 is 2.44 bits per heavy atom. The molecule has 2 aliphatic rings. The lowest BCUT2D eigenvalue weighted by Gasteiger charge is -2.33. The van der Waals surface area contributed by atoms with Crippen molar-refractivity contribution in [3.05, 3.63) is 0 Å². The summed E-state index contributed by atoms with van der Waals surface area (Å²) in [5.74, 6) is 0.720. The Balaban J connectivity index is 0.00000128. The first-order valence-electron chi connectivity index (χ1n) is 6.26. The van der Waals surface area contributed by atoms with E-state index < -0.39 is 0 Å². The highest BCUT2D eigenvalue weighted by atomic mass is 35.5. The first kappa shape index (κ1) is 13.8. The van der Waals surface area contributed by atoms with Gasteiger partial charge in [-0.1, -0.05) is 12.8 Å². The summed E-state index contributed by atoms with van der Waals surface area (Å²) >= 11 is 0. The van der Waals surface area contributed by atoms with Crippen molar-refractivity contribution in [1.29, 1.82) is 0 Å². The summed E-state index contributed by atoms with van der Waals surface area (Å²) in [5.41, 5.74) is 0. The molecule has 2 rings (SSSR count). The van der Waals surface area contributed by atoms with Gasteiger partial charge in [-0.25, -0.2) is 0 Å². The summed E-state index contributed by atoms with van der Waals surface area (Å²) in [5, 5.41) is 3.37. The molecule has 0 spiro atoms. The van der Waals surface area contributed by atoms with Gasteiger partial charge in [0, 0.05) is 25.6 Å². The van der Waals surface area contributed by atoms with Crippen molar-refractivity contribution in [1.82, 2.24) is 10.2 Å². The zero-order valence-electron chi connectivity index (χ0n) is 10.1. The van der Waals surface area contributed by atoms with Crippen LogP contribution in [0.2, 0.25) is 0 Å². The van der Waals surface area contributed by atoms with Gasteiger partial charge in [-0.2, -0.15) is 0 Å². The minimum Gasteiger partial charge on any atom is -0.341 e. The summed E-state index contributed by atoms with van der Waals surface area (Å²) in [6.45, 7) is 2.09. The standard InChI is InChI=1S/C12H22N2O.ClH/c1-14(11-7-4-8-13-9-11)12(15)10-5-2-3-6-10;/h10-11,13H,2-9H2,1H3;1H/t11-;/m0./s1. The third-order valence-electron chi connectivity index (χ3n) is 3.87. The largest absolute Gasteiger partial charge is 0.341 e. The molecule has 16 heavy (non-hydrogen) atoms. The molecule has 1 amide bonds. The van der Waals surface area contributed by atoms with Crippen LogP contribution in [-0.4, -0.2) is 37.0 Å². The predicted molar refractivity (Wildman–Crippen MR) is 67.9 cm³/mol. The Morgan fingerprint density at radius 2 is 1.88 bits per heavy atom. The maximum absolute atomic E-state index is 12.1. The fourth-order valence-corrected chi connectivity index (χ4v) is 2.80. The molecule has 1 atom stereocenters. The minimum absolute atomic E-state index is 0. The first-order valence-corrected chi connectivity index (χ1v) is 6.26. The number of hydrogen-bond donors (Lipinski definition) is 1. The second-order valence-electron chi connectivity index (χ2n) is 4.93. The molecule has 94 valence electrons. The quantitative estimate of drug-likeness (QED) is 0.806. The van der Waals surface area contributed by atoms with Crippen LogP contribution in [0.4, 0.5) is 0 Å². The smallest absolute Gasteiger partial charge is 0.225 e. The lowest BCUT2D eigenvalue weighted by atomic mass is 10.0. The monoisotopic (exact) mass is 246 g/mol. The number of halogens is 1. The van der Waals surface area contributed by atoms with Gasteiger partial charge in [0.25, 0.3) is 0 Å². The average molecular weight is 247 g/mol. The van der Waals surface area contributed by atoms with Crippen molar-refractivity contribution < 1.29 is 4.79 Å². The van der Waals surface area contributed by atoms with Crippen LogP contribution in [0.5, 0.6) is 0 Å². The van der Waals surface area contributed by atoms with Gasteiger partial charge in [0.15, 0.2) is 0 Å². The lowest BCUT2D eigenvalue weighted by molar-refractivity contribution is -0.136. The number of hydrogen-bond acceptors (Lipinski definition) is 2. The number of carbonyl (C=O) groups excluding carboxylic acids is 1. The lowest BCUT2D eigenvalue weighted by Crippen LogP contribution is -2.48. The topological polar surface area (TPSA) is 32.3 Å². The molecule has 0 bridgehead atoms. The number of piperidine rings is 1. The molecule has 0 aromatic heterocycles. The van der Waals surface area contributed by atoms with Gasteiger partial charge in [-0.15, -0.1) is 12.4 Å². The van der Waals surface area contributed by atoms with E-state index in [2.05, 4.69) is 5.32 Å². The van der Waals surface area contributed by atoms with Crippen molar-refractivity contribution >= 4 is 18.3 Å². The van der Waals surface area contributed by atoms with E-state index in [0.29, 0.717) is 17.9 Å². The molecule has 1 saturated carbocycles. The van der Waals surface area contributed by atoms with Gasteiger partial charge >= 0.3 is 0 Å². The second kappa shape index (κ2) is 6.45. The molecule has 0 radical (unpaired) electrons. The fourth-order valence-electron chi connectivity index (χ4n) is 2.80. The molecule has 1 N–H and O–H groups in total. The van der Waals surface area contributed by atoms with E-state index >= 15 is 0 Å². The molecule has 2 fully saturated rings. The summed E-state index contributed by atoms with van der Waals surface area (Å²) in [7, 11) is 1.98. The van der Waals surface area contributed by atoms with Crippen LogP contribution in [0.1, 0.15) is 38.5 Å². The van der Waals surface area contributed by atoms with Crippen LogP contribution >= 0.6 is 12.4 Å². The van der Waals surface area contributed by atoms with Gasteiger partial charge in [0.05, 0.1) is 0 Å². The van der Waals surface area contributed by atoms with Crippen molar-refractivity contribution in [2.75, 3.05) is 20.1 Å². The van der Waals surface area contributed by atoms with Gasteiger partial charge in [0.2, 0.25) is 5.91 Å². The van der Waals surface area contributed by atoms with E-state index in [0.717, 1.165) is 25.9 Å². The number of nitrogens with one attached hydrogen (secondary N) is 1. The number of nitrogens with zero attached hydrogens (tertiary/aromatic N) is 1. The van der Waals surface area contributed by atoms with E-state index in [-0.39, 0.29) is 12.4 Å². The minimum atomic E-state index is 0. The molecular weight excluding hydrogens is 224 g/mol. The van der Waals surface area contributed by atoms with E-state index in [4.69, 9.17) is 0 Å². The summed E-state index contributed by atoms with van der Waals surface area (Å²) in [4.78, 5) is 14.1. The highest BCUT2D eigenvalue weighted by Crippen LogP contribution is 2.27. The number of amides is 1. The van der Waals surface area contributed by atoms with E-state index in [1.165, 1.54) is 25.7 Å². The molecule has 3 nitrogen and oxygen atoms in total. The number of rotatable bonds is 2. The Bertz CT molecular complexity index is 223. The molecule has 1 aliphatic carbocycles. The number of likely N-dealkylation sites (N-methyl/N-ethyl adjacent to an activating group) is 1. The highest BCUT2D eigenvalue weighted by molar-refractivity contribution is 5.85. The number of carbonyl (C=O) groups is 1.